The summed E-state index contributed by atoms with van der Waals surface area (Å²) in [6, 6.07) is 12.5. The quantitative estimate of drug-likeness (QED) is 0.737. The number of aromatic nitrogens is 2. The summed E-state index contributed by atoms with van der Waals surface area (Å²) in [5, 5.41) is 8.90. The second kappa shape index (κ2) is 5.17. The number of fused-ring (bicyclic) bond motifs is 2. The molecule has 1 aromatic heterocycles. The minimum absolute atomic E-state index is 0.125. The number of carbonyl (C=O) groups is 1. The fourth-order valence-electron chi connectivity index (χ4n) is 4.10. The van der Waals surface area contributed by atoms with E-state index >= 15 is 0 Å². The number of benzene rings is 2. The SMILES string of the molecule is O=C1c2cccc(-c3ccc4[nH]nc(C5CC5)c4c3)c2CN1CC1CO1. The Morgan fingerprint density at radius 1 is 1.19 bits per heavy atom. The lowest BCUT2D eigenvalue weighted by Crippen LogP contribution is -2.28. The van der Waals surface area contributed by atoms with Crippen molar-refractivity contribution in [1.29, 1.82) is 0 Å². The molecule has 2 aliphatic heterocycles. The van der Waals surface area contributed by atoms with Crippen LogP contribution < -0.4 is 0 Å². The van der Waals surface area contributed by atoms with Gasteiger partial charge in [0.05, 0.1) is 23.9 Å². The lowest BCUT2D eigenvalue weighted by molar-refractivity contribution is 0.0766. The molecular weight excluding hydrogens is 326 g/mol. The van der Waals surface area contributed by atoms with Gasteiger partial charge < -0.3 is 9.64 Å². The predicted molar refractivity (Wildman–Crippen MR) is 98.0 cm³/mol. The zero-order chi connectivity index (χ0) is 17.3. The van der Waals surface area contributed by atoms with Crippen molar-refractivity contribution in [2.45, 2.75) is 31.4 Å². The van der Waals surface area contributed by atoms with Crippen LogP contribution in [0.1, 0.15) is 40.4 Å². The first-order valence-corrected chi connectivity index (χ1v) is 9.29. The van der Waals surface area contributed by atoms with Crippen molar-refractivity contribution >= 4 is 16.8 Å². The third-order valence-corrected chi connectivity index (χ3v) is 5.74. The summed E-state index contributed by atoms with van der Waals surface area (Å²) in [4.78, 5) is 14.6. The maximum Gasteiger partial charge on any atom is 0.254 e. The summed E-state index contributed by atoms with van der Waals surface area (Å²) < 4.78 is 5.31. The molecule has 1 saturated carbocycles. The number of amides is 1. The largest absolute Gasteiger partial charge is 0.371 e. The second-order valence-corrected chi connectivity index (χ2v) is 7.62. The molecule has 3 aliphatic rings. The first kappa shape index (κ1) is 14.5. The second-order valence-electron chi connectivity index (χ2n) is 7.62. The van der Waals surface area contributed by atoms with Crippen LogP contribution in [0.5, 0.6) is 0 Å². The Balaban J connectivity index is 1.44. The Morgan fingerprint density at radius 3 is 2.85 bits per heavy atom. The zero-order valence-electron chi connectivity index (χ0n) is 14.4. The minimum Gasteiger partial charge on any atom is -0.371 e. The van der Waals surface area contributed by atoms with Crippen molar-refractivity contribution in [3.8, 4) is 11.1 Å². The number of ether oxygens (including phenoxy) is 1. The zero-order valence-corrected chi connectivity index (χ0v) is 14.4. The summed E-state index contributed by atoms with van der Waals surface area (Å²) >= 11 is 0. The van der Waals surface area contributed by atoms with Gasteiger partial charge in [-0.15, -0.1) is 0 Å². The lowest BCUT2D eigenvalue weighted by atomic mass is 9.95. The van der Waals surface area contributed by atoms with E-state index < -0.39 is 0 Å². The van der Waals surface area contributed by atoms with Crippen LogP contribution in [0.4, 0.5) is 0 Å². The fourth-order valence-corrected chi connectivity index (χ4v) is 4.10. The molecule has 0 spiro atoms. The molecule has 130 valence electrons. The number of epoxide rings is 1. The van der Waals surface area contributed by atoms with E-state index in [1.165, 1.54) is 23.9 Å². The first-order chi connectivity index (χ1) is 12.8. The number of nitrogens with one attached hydrogen (secondary N) is 1. The fraction of sp³-hybridized carbons (Fsp3) is 0.333. The van der Waals surface area contributed by atoms with Gasteiger partial charge in [-0.3, -0.25) is 9.89 Å². The summed E-state index contributed by atoms with van der Waals surface area (Å²) in [5.41, 5.74) is 6.56. The van der Waals surface area contributed by atoms with Gasteiger partial charge in [0.2, 0.25) is 0 Å². The highest BCUT2D eigenvalue weighted by Gasteiger charge is 2.34. The Hall–Kier alpha value is -2.66. The molecule has 2 fully saturated rings. The number of H-pyrrole nitrogens is 1. The predicted octanol–water partition coefficient (Wildman–Crippen LogP) is 3.46. The van der Waals surface area contributed by atoms with Crippen molar-refractivity contribution in [3.63, 3.8) is 0 Å². The van der Waals surface area contributed by atoms with Gasteiger partial charge in [-0.1, -0.05) is 18.2 Å². The number of rotatable bonds is 4. The third kappa shape index (κ3) is 2.20. The van der Waals surface area contributed by atoms with Gasteiger partial charge in [0.25, 0.3) is 5.91 Å². The lowest BCUT2D eigenvalue weighted by Gasteiger charge is -2.13. The monoisotopic (exact) mass is 345 g/mol. The summed E-state index contributed by atoms with van der Waals surface area (Å²) in [5.74, 6) is 0.733. The first-order valence-electron chi connectivity index (χ1n) is 9.29. The molecule has 2 aromatic carbocycles. The van der Waals surface area contributed by atoms with Crippen molar-refractivity contribution in [3.05, 3.63) is 53.2 Å². The van der Waals surface area contributed by atoms with Gasteiger partial charge in [-0.2, -0.15) is 5.10 Å². The highest BCUT2D eigenvalue weighted by molar-refractivity contribution is 6.01. The van der Waals surface area contributed by atoms with E-state index in [-0.39, 0.29) is 12.0 Å². The van der Waals surface area contributed by atoms with Gasteiger partial charge in [0.15, 0.2) is 0 Å². The summed E-state index contributed by atoms with van der Waals surface area (Å²) in [7, 11) is 0. The number of hydrogen-bond acceptors (Lipinski definition) is 3. The Bertz CT molecular complexity index is 1050. The molecule has 1 saturated heterocycles. The molecular formula is C21H19N3O2. The van der Waals surface area contributed by atoms with Crippen molar-refractivity contribution in [2.75, 3.05) is 13.2 Å². The molecule has 6 rings (SSSR count). The molecule has 26 heavy (non-hydrogen) atoms. The van der Waals surface area contributed by atoms with E-state index in [2.05, 4.69) is 34.5 Å². The third-order valence-electron chi connectivity index (χ3n) is 5.74. The molecule has 5 heteroatoms. The Morgan fingerprint density at radius 2 is 2.04 bits per heavy atom. The van der Waals surface area contributed by atoms with Gasteiger partial charge >= 0.3 is 0 Å². The number of aromatic amines is 1. The molecule has 0 bridgehead atoms. The van der Waals surface area contributed by atoms with Crippen LogP contribution in [0.3, 0.4) is 0 Å². The van der Waals surface area contributed by atoms with Gasteiger partial charge in [0, 0.05) is 30.0 Å². The van der Waals surface area contributed by atoms with Crippen LogP contribution in [0, 0.1) is 0 Å². The standard InChI is InChI=1S/C21H19N3O2/c25-21-16-3-1-2-15(18(16)10-24(21)9-14-11-26-14)13-6-7-19-17(8-13)20(23-22-19)12-4-5-12/h1-3,6-8,12,14H,4-5,9-11H2,(H,22,23). The normalized spacial score (nSPS) is 21.5. The topological polar surface area (TPSA) is 61.5 Å². The molecule has 0 radical (unpaired) electrons. The van der Waals surface area contributed by atoms with Crippen LogP contribution in [-0.2, 0) is 11.3 Å². The highest BCUT2D eigenvalue weighted by atomic mass is 16.6. The molecule has 1 aliphatic carbocycles. The van der Waals surface area contributed by atoms with E-state index in [0.717, 1.165) is 34.4 Å². The smallest absolute Gasteiger partial charge is 0.254 e. The van der Waals surface area contributed by atoms with Crippen LogP contribution in [0.25, 0.3) is 22.0 Å². The molecule has 1 amide bonds. The average molecular weight is 345 g/mol. The minimum atomic E-state index is 0.125. The highest BCUT2D eigenvalue weighted by Crippen LogP contribution is 2.43. The van der Waals surface area contributed by atoms with E-state index in [9.17, 15) is 4.79 Å². The Kier molecular flexibility index (Phi) is 2.89. The number of carbonyl (C=O) groups excluding carboxylic acids is 1. The van der Waals surface area contributed by atoms with E-state index in [1.54, 1.807) is 0 Å². The van der Waals surface area contributed by atoms with Gasteiger partial charge in [-0.25, -0.2) is 0 Å². The molecule has 3 heterocycles. The van der Waals surface area contributed by atoms with E-state index in [1.807, 2.05) is 17.0 Å². The van der Waals surface area contributed by atoms with Crippen LogP contribution in [0.2, 0.25) is 0 Å². The summed E-state index contributed by atoms with van der Waals surface area (Å²) in [6.45, 7) is 2.14. The Labute approximate surface area is 151 Å². The molecule has 1 atom stereocenters. The van der Waals surface area contributed by atoms with Crippen molar-refractivity contribution in [1.82, 2.24) is 15.1 Å². The molecule has 1 unspecified atom stereocenters. The van der Waals surface area contributed by atoms with E-state index in [0.29, 0.717) is 19.0 Å². The van der Waals surface area contributed by atoms with Gasteiger partial charge in [-0.05, 0) is 47.7 Å². The van der Waals surface area contributed by atoms with Crippen molar-refractivity contribution < 1.29 is 9.53 Å². The van der Waals surface area contributed by atoms with E-state index in [4.69, 9.17) is 4.74 Å². The molecule has 1 N–H and O–H groups in total. The van der Waals surface area contributed by atoms with Crippen molar-refractivity contribution in [2.24, 2.45) is 0 Å². The van der Waals surface area contributed by atoms with Crippen LogP contribution >= 0.6 is 0 Å². The number of hydrogen-bond donors (Lipinski definition) is 1. The molecule has 3 aromatic rings. The summed E-state index contributed by atoms with van der Waals surface area (Å²) in [6.07, 6.45) is 2.69. The van der Waals surface area contributed by atoms with Gasteiger partial charge in [0.1, 0.15) is 0 Å². The average Bonchev–Trinajstić information content (AvgIpc) is 3.59. The van der Waals surface area contributed by atoms with Crippen LogP contribution in [0.15, 0.2) is 36.4 Å². The maximum absolute atomic E-state index is 12.7. The molecule has 5 nitrogen and oxygen atoms in total. The maximum atomic E-state index is 12.7. The van der Waals surface area contributed by atoms with Crippen LogP contribution in [-0.4, -0.2) is 40.3 Å². The number of nitrogens with zero attached hydrogens (tertiary/aromatic N) is 2.